The zero-order valence-electron chi connectivity index (χ0n) is 7.66. The van der Waals surface area contributed by atoms with Gasteiger partial charge in [-0.15, -0.1) is 0 Å². The third kappa shape index (κ3) is 1.78. The number of hydrogen-bond donors (Lipinski definition) is 1. The summed E-state index contributed by atoms with van der Waals surface area (Å²) in [4.78, 5) is 8.23. The summed E-state index contributed by atoms with van der Waals surface area (Å²) in [5.41, 5.74) is 7.51. The van der Waals surface area contributed by atoms with Crippen LogP contribution < -0.4 is 5.73 Å². The summed E-state index contributed by atoms with van der Waals surface area (Å²) in [6.07, 6.45) is 1.04. The van der Waals surface area contributed by atoms with Crippen molar-refractivity contribution in [3.8, 4) is 0 Å². The van der Waals surface area contributed by atoms with Crippen molar-refractivity contribution in [2.45, 2.75) is 19.3 Å². The minimum Gasteiger partial charge on any atom is -0.381 e. The van der Waals surface area contributed by atoms with Crippen LogP contribution in [0.3, 0.4) is 0 Å². The Morgan fingerprint density at radius 1 is 1.54 bits per heavy atom. The summed E-state index contributed by atoms with van der Waals surface area (Å²) >= 11 is 0. The van der Waals surface area contributed by atoms with Crippen LogP contribution in [0, 0.1) is 6.92 Å². The molecule has 1 atom stereocenters. The Balaban J connectivity index is 2.28. The third-order valence-corrected chi connectivity index (χ3v) is 2.24. The van der Waals surface area contributed by atoms with Gasteiger partial charge < -0.3 is 10.5 Å². The second-order valence-electron chi connectivity index (χ2n) is 3.35. The van der Waals surface area contributed by atoms with Gasteiger partial charge in [0.1, 0.15) is 0 Å². The minimum atomic E-state index is 0.363. The molecule has 1 saturated heterocycles. The predicted molar refractivity (Wildman–Crippen MR) is 49.4 cm³/mol. The highest BCUT2D eigenvalue weighted by atomic mass is 16.5. The van der Waals surface area contributed by atoms with Gasteiger partial charge in [0.2, 0.25) is 5.95 Å². The summed E-state index contributed by atoms with van der Waals surface area (Å²) in [6.45, 7) is 3.51. The Morgan fingerprint density at radius 2 is 2.38 bits per heavy atom. The molecule has 4 nitrogen and oxygen atoms in total. The second kappa shape index (κ2) is 3.30. The van der Waals surface area contributed by atoms with Crippen LogP contribution in [-0.4, -0.2) is 23.2 Å². The van der Waals surface area contributed by atoms with E-state index < -0.39 is 0 Å². The molecule has 1 aromatic heterocycles. The first-order valence-electron chi connectivity index (χ1n) is 4.44. The van der Waals surface area contributed by atoms with Crippen LogP contribution >= 0.6 is 0 Å². The molecule has 0 bridgehead atoms. The van der Waals surface area contributed by atoms with Gasteiger partial charge in [-0.25, -0.2) is 9.97 Å². The van der Waals surface area contributed by atoms with Gasteiger partial charge in [-0.1, -0.05) is 0 Å². The van der Waals surface area contributed by atoms with Crippen LogP contribution in [0.15, 0.2) is 6.07 Å². The number of anilines is 1. The van der Waals surface area contributed by atoms with E-state index in [9.17, 15) is 0 Å². The maximum atomic E-state index is 5.56. The molecule has 0 aromatic carbocycles. The number of nitrogen functional groups attached to an aromatic ring is 1. The van der Waals surface area contributed by atoms with Crippen molar-refractivity contribution in [3.63, 3.8) is 0 Å². The fraction of sp³-hybridized carbons (Fsp3) is 0.556. The highest BCUT2D eigenvalue weighted by Crippen LogP contribution is 2.23. The SMILES string of the molecule is Cc1cc(C2CCOC2)nc(N)n1. The normalized spacial score (nSPS) is 22.1. The van der Waals surface area contributed by atoms with Gasteiger partial charge in [0.25, 0.3) is 0 Å². The van der Waals surface area contributed by atoms with Crippen LogP contribution in [-0.2, 0) is 4.74 Å². The molecule has 1 unspecified atom stereocenters. The molecule has 2 N–H and O–H groups in total. The molecule has 4 heteroatoms. The third-order valence-electron chi connectivity index (χ3n) is 2.24. The molecule has 0 radical (unpaired) electrons. The lowest BCUT2D eigenvalue weighted by Crippen LogP contribution is -2.05. The quantitative estimate of drug-likeness (QED) is 0.695. The summed E-state index contributed by atoms with van der Waals surface area (Å²) in [5, 5.41) is 0. The molecule has 70 valence electrons. The summed E-state index contributed by atoms with van der Waals surface area (Å²) in [7, 11) is 0. The Kier molecular flexibility index (Phi) is 2.14. The smallest absolute Gasteiger partial charge is 0.220 e. The molecular formula is C9H13N3O. The number of nitrogens with two attached hydrogens (primary N) is 1. The lowest BCUT2D eigenvalue weighted by Gasteiger charge is -2.07. The van der Waals surface area contributed by atoms with Gasteiger partial charge in [0.05, 0.1) is 12.3 Å². The Labute approximate surface area is 77.1 Å². The van der Waals surface area contributed by atoms with Crippen molar-refractivity contribution in [1.29, 1.82) is 0 Å². The van der Waals surface area contributed by atoms with Crippen molar-refractivity contribution in [1.82, 2.24) is 9.97 Å². The maximum Gasteiger partial charge on any atom is 0.220 e. The monoisotopic (exact) mass is 179 g/mol. The van der Waals surface area contributed by atoms with Gasteiger partial charge >= 0.3 is 0 Å². The highest BCUT2D eigenvalue weighted by Gasteiger charge is 2.19. The first kappa shape index (κ1) is 8.44. The molecule has 13 heavy (non-hydrogen) atoms. The van der Waals surface area contributed by atoms with Gasteiger partial charge in [-0.3, -0.25) is 0 Å². The van der Waals surface area contributed by atoms with Gasteiger partial charge in [-0.05, 0) is 19.4 Å². The fourth-order valence-electron chi connectivity index (χ4n) is 1.59. The standard InChI is InChI=1S/C9H13N3O/c1-6-4-8(12-9(10)11-6)7-2-3-13-5-7/h4,7H,2-3,5H2,1H3,(H2,10,11,12). The first-order valence-corrected chi connectivity index (χ1v) is 4.44. The molecule has 1 aromatic rings. The van der Waals surface area contributed by atoms with E-state index in [1.807, 2.05) is 13.0 Å². The van der Waals surface area contributed by atoms with E-state index in [4.69, 9.17) is 10.5 Å². The second-order valence-corrected chi connectivity index (χ2v) is 3.35. The number of nitrogens with zero attached hydrogens (tertiary/aromatic N) is 2. The molecule has 1 fully saturated rings. The molecule has 0 spiro atoms. The number of aryl methyl sites for hydroxylation is 1. The zero-order valence-corrected chi connectivity index (χ0v) is 7.66. The number of hydrogen-bond acceptors (Lipinski definition) is 4. The lowest BCUT2D eigenvalue weighted by atomic mass is 10.0. The lowest BCUT2D eigenvalue weighted by molar-refractivity contribution is 0.193. The Bertz CT molecular complexity index is 287. The predicted octanol–water partition coefficient (Wildman–Crippen LogP) is 0.871. The topological polar surface area (TPSA) is 61.0 Å². The van der Waals surface area contributed by atoms with Gasteiger partial charge in [0, 0.05) is 18.2 Å². The molecule has 1 aliphatic rings. The van der Waals surface area contributed by atoms with Crippen LogP contribution in [0.2, 0.25) is 0 Å². The van der Waals surface area contributed by atoms with E-state index in [2.05, 4.69) is 9.97 Å². The van der Waals surface area contributed by atoms with E-state index in [1.54, 1.807) is 0 Å². The van der Waals surface area contributed by atoms with Gasteiger partial charge in [-0.2, -0.15) is 0 Å². The van der Waals surface area contributed by atoms with Crippen LogP contribution in [0.25, 0.3) is 0 Å². The zero-order chi connectivity index (χ0) is 9.26. The van der Waals surface area contributed by atoms with Gasteiger partial charge in [0.15, 0.2) is 0 Å². The number of rotatable bonds is 1. The van der Waals surface area contributed by atoms with E-state index in [1.165, 1.54) is 0 Å². The maximum absolute atomic E-state index is 5.56. The highest BCUT2D eigenvalue weighted by molar-refractivity contribution is 5.24. The van der Waals surface area contributed by atoms with Crippen LogP contribution in [0.4, 0.5) is 5.95 Å². The van der Waals surface area contributed by atoms with Crippen molar-refractivity contribution >= 4 is 5.95 Å². The van der Waals surface area contributed by atoms with Crippen molar-refractivity contribution < 1.29 is 4.74 Å². The Morgan fingerprint density at radius 3 is 3.00 bits per heavy atom. The van der Waals surface area contributed by atoms with E-state index >= 15 is 0 Å². The van der Waals surface area contributed by atoms with Crippen molar-refractivity contribution in [2.75, 3.05) is 18.9 Å². The molecule has 0 aliphatic carbocycles. The van der Waals surface area contributed by atoms with E-state index in [0.717, 1.165) is 31.0 Å². The average molecular weight is 179 g/mol. The molecular weight excluding hydrogens is 166 g/mol. The molecule has 2 rings (SSSR count). The summed E-state index contributed by atoms with van der Waals surface area (Å²) in [6, 6.07) is 1.98. The average Bonchev–Trinajstić information content (AvgIpc) is 2.53. The molecule has 0 amide bonds. The largest absolute Gasteiger partial charge is 0.381 e. The first-order chi connectivity index (χ1) is 6.25. The fourth-order valence-corrected chi connectivity index (χ4v) is 1.59. The molecule has 0 saturated carbocycles. The number of ether oxygens (including phenoxy) is 1. The Hall–Kier alpha value is -1.16. The summed E-state index contributed by atoms with van der Waals surface area (Å²) < 4.78 is 5.29. The van der Waals surface area contributed by atoms with Crippen LogP contribution in [0.1, 0.15) is 23.7 Å². The van der Waals surface area contributed by atoms with Crippen LogP contribution in [0.5, 0.6) is 0 Å². The van der Waals surface area contributed by atoms with E-state index in [-0.39, 0.29) is 0 Å². The number of aromatic nitrogens is 2. The van der Waals surface area contributed by atoms with Crippen molar-refractivity contribution in [3.05, 3.63) is 17.5 Å². The molecule has 1 aliphatic heterocycles. The van der Waals surface area contributed by atoms with Crippen molar-refractivity contribution in [2.24, 2.45) is 0 Å². The van der Waals surface area contributed by atoms with E-state index in [0.29, 0.717) is 11.9 Å². The summed E-state index contributed by atoms with van der Waals surface area (Å²) in [5.74, 6) is 0.769. The molecule has 2 heterocycles. The minimum absolute atomic E-state index is 0.363.